The molecule has 2 heteroatoms. The number of rotatable bonds is 6. The maximum Gasteiger partial charge on any atom is 0.0704 e. The van der Waals surface area contributed by atoms with Gasteiger partial charge in [0.2, 0.25) is 0 Å². The molecule has 0 spiro atoms. The van der Waals surface area contributed by atoms with Crippen molar-refractivity contribution in [1.82, 2.24) is 4.98 Å². The van der Waals surface area contributed by atoms with Crippen LogP contribution in [0.4, 0.5) is 0 Å². The maximum absolute atomic E-state index is 4.53. The van der Waals surface area contributed by atoms with Gasteiger partial charge < -0.3 is 0 Å². The van der Waals surface area contributed by atoms with Crippen LogP contribution >= 0.6 is 0 Å². The highest BCUT2D eigenvalue weighted by Crippen LogP contribution is 2.30. The molecule has 0 N–H and O–H groups in total. The highest BCUT2D eigenvalue weighted by atomic mass is 28.3. The number of hydrogen-bond donors (Lipinski definition) is 0. The Hall–Kier alpha value is -1.41. The van der Waals surface area contributed by atoms with Crippen molar-refractivity contribution in [2.24, 2.45) is 0 Å². The van der Waals surface area contributed by atoms with Gasteiger partial charge in [-0.3, -0.25) is 4.98 Å². The van der Waals surface area contributed by atoms with Crippen LogP contribution in [-0.4, -0.2) is 13.1 Å². The lowest BCUT2D eigenvalue weighted by Gasteiger charge is -2.29. The second-order valence-electron chi connectivity index (χ2n) is 5.61. The summed E-state index contributed by atoms with van der Waals surface area (Å²) in [6, 6.07) is 20.4. The second-order valence-corrected chi connectivity index (χ2v) is 11.1. The Morgan fingerprint density at radius 3 is 2.10 bits per heavy atom. The Morgan fingerprint density at radius 1 is 0.850 bits per heavy atom. The zero-order valence-electron chi connectivity index (χ0n) is 12.9. The van der Waals surface area contributed by atoms with E-state index in [1.54, 1.807) is 0 Å². The van der Waals surface area contributed by atoms with Crippen LogP contribution < -0.4 is 0 Å². The normalized spacial score (nSPS) is 11.6. The molecule has 1 nitrogen and oxygen atoms in total. The van der Waals surface area contributed by atoms with Gasteiger partial charge in [-0.15, -0.1) is 0 Å². The fraction of sp³-hybridized carbons (Fsp3) is 0.389. The Balaban J connectivity index is 2.38. The molecule has 2 aromatic rings. The molecule has 1 aromatic carbocycles. The standard InChI is InChI=1S/C18H25NSi/c1-4-20(5-2,6-3)15-16-11-7-8-12-17(16)18-13-9-10-14-19-18/h7-14H,4-6,15H2,1-3H3. The summed E-state index contributed by atoms with van der Waals surface area (Å²) in [5.74, 6) is 0. The third-order valence-electron chi connectivity index (χ3n) is 4.77. The van der Waals surface area contributed by atoms with E-state index in [9.17, 15) is 0 Å². The lowest BCUT2D eigenvalue weighted by Crippen LogP contribution is -2.34. The minimum Gasteiger partial charge on any atom is -0.256 e. The highest BCUT2D eigenvalue weighted by molar-refractivity contribution is 6.79. The predicted octanol–water partition coefficient (Wildman–Crippen LogP) is 5.34. The van der Waals surface area contributed by atoms with Crippen molar-refractivity contribution in [1.29, 1.82) is 0 Å². The molecule has 2 rings (SSSR count). The Morgan fingerprint density at radius 2 is 1.50 bits per heavy atom. The molecule has 0 bridgehead atoms. The predicted molar refractivity (Wildman–Crippen MR) is 90.6 cm³/mol. The van der Waals surface area contributed by atoms with Crippen LogP contribution in [0.1, 0.15) is 26.3 Å². The van der Waals surface area contributed by atoms with Gasteiger partial charge in [0.1, 0.15) is 0 Å². The highest BCUT2D eigenvalue weighted by Gasteiger charge is 2.27. The van der Waals surface area contributed by atoms with Gasteiger partial charge in [0.15, 0.2) is 0 Å². The molecule has 0 saturated carbocycles. The van der Waals surface area contributed by atoms with E-state index < -0.39 is 8.07 Å². The first-order chi connectivity index (χ1) is 9.74. The van der Waals surface area contributed by atoms with Crippen LogP contribution in [0.5, 0.6) is 0 Å². The zero-order valence-corrected chi connectivity index (χ0v) is 13.9. The fourth-order valence-electron chi connectivity index (χ4n) is 2.98. The van der Waals surface area contributed by atoms with E-state index in [4.69, 9.17) is 0 Å². The third-order valence-corrected chi connectivity index (χ3v) is 10.4. The average Bonchev–Trinajstić information content (AvgIpc) is 2.54. The molecule has 0 aliphatic rings. The molecule has 0 radical (unpaired) electrons. The van der Waals surface area contributed by atoms with Crippen molar-refractivity contribution < 1.29 is 0 Å². The molecular formula is C18H25NSi. The third kappa shape index (κ3) is 3.18. The average molecular weight is 283 g/mol. The van der Waals surface area contributed by atoms with Gasteiger partial charge in [-0.25, -0.2) is 0 Å². The Labute approximate surface area is 124 Å². The van der Waals surface area contributed by atoms with Gasteiger partial charge in [-0.05, 0) is 23.7 Å². The van der Waals surface area contributed by atoms with Gasteiger partial charge in [0, 0.05) is 11.8 Å². The van der Waals surface area contributed by atoms with E-state index in [1.807, 2.05) is 12.3 Å². The fourth-order valence-corrected chi connectivity index (χ4v) is 6.34. The first-order valence-corrected chi connectivity index (χ1v) is 10.6. The minimum atomic E-state index is -1.15. The molecular weight excluding hydrogens is 258 g/mol. The molecule has 20 heavy (non-hydrogen) atoms. The van der Waals surface area contributed by atoms with Crippen LogP contribution in [0.25, 0.3) is 11.3 Å². The number of hydrogen-bond acceptors (Lipinski definition) is 1. The first-order valence-electron chi connectivity index (χ1n) is 7.74. The molecule has 1 aromatic heterocycles. The number of nitrogens with zero attached hydrogens (tertiary/aromatic N) is 1. The summed E-state index contributed by atoms with van der Waals surface area (Å²) in [7, 11) is -1.15. The lowest BCUT2D eigenvalue weighted by atomic mass is 10.1. The number of benzene rings is 1. The lowest BCUT2D eigenvalue weighted by molar-refractivity contribution is 1.10. The minimum absolute atomic E-state index is 1.11. The maximum atomic E-state index is 4.53. The van der Waals surface area contributed by atoms with Gasteiger partial charge in [-0.1, -0.05) is 69.2 Å². The summed E-state index contributed by atoms with van der Waals surface area (Å²) in [6.07, 6.45) is 1.89. The molecule has 1 heterocycles. The summed E-state index contributed by atoms with van der Waals surface area (Å²) in [4.78, 5) is 4.53. The summed E-state index contributed by atoms with van der Waals surface area (Å²) in [5.41, 5.74) is 3.91. The van der Waals surface area contributed by atoms with E-state index in [2.05, 4.69) is 62.2 Å². The van der Waals surface area contributed by atoms with Crippen molar-refractivity contribution in [2.75, 3.05) is 0 Å². The molecule has 0 fully saturated rings. The monoisotopic (exact) mass is 283 g/mol. The summed E-state index contributed by atoms with van der Waals surface area (Å²) < 4.78 is 0. The van der Waals surface area contributed by atoms with Crippen molar-refractivity contribution in [3.8, 4) is 11.3 Å². The van der Waals surface area contributed by atoms with E-state index >= 15 is 0 Å². The molecule has 0 aliphatic heterocycles. The van der Waals surface area contributed by atoms with Crippen molar-refractivity contribution in [3.63, 3.8) is 0 Å². The van der Waals surface area contributed by atoms with Crippen molar-refractivity contribution in [2.45, 2.75) is 44.9 Å². The van der Waals surface area contributed by atoms with Crippen LogP contribution in [0.2, 0.25) is 18.1 Å². The van der Waals surface area contributed by atoms with Crippen molar-refractivity contribution in [3.05, 3.63) is 54.2 Å². The van der Waals surface area contributed by atoms with Gasteiger partial charge in [0.05, 0.1) is 13.8 Å². The summed E-state index contributed by atoms with van der Waals surface area (Å²) >= 11 is 0. The van der Waals surface area contributed by atoms with E-state index in [0.29, 0.717) is 0 Å². The van der Waals surface area contributed by atoms with Gasteiger partial charge in [-0.2, -0.15) is 0 Å². The SMILES string of the molecule is CC[Si](CC)(CC)Cc1ccccc1-c1ccccn1. The van der Waals surface area contributed by atoms with E-state index in [-0.39, 0.29) is 0 Å². The largest absolute Gasteiger partial charge is 0.256 e. The van der Waals surface area contributed by atoms with Gasteiger partial charge in [0.25, 0.3) is 0 Å². The number of aromatic nitrogens is 1. The zero-order chi connectivity index (χ0) is 14.4. The molecule has 0 saturated heterocycles. The molecule has 0 aliphatic carbocycles. The molecule has 0 amide bonds. The van der Waals surface area contributed by atoms with Gasteiger partial charge >= 0.3 is 0 Å². The number of pyridine rings is 1. The first kappa shape index (κ1) is 15.0. The molecule has 0 unspecified atom stereocenters. The van der Waals surface area contributed by atoms with E-state index in [1.165, 1.54) is 35.3 Å². The van der Waals surface area contributed by atoms with Crippen molar-refractivity contribution >= 4 is 8.07 Å². The van der Waals surface area contributed by atoms with Crippen LogP contribution in [0.15, 0.2) is 48.7 Å². The smallest absolute Gasteiger partial charge is 0.0704 e. The van der Waals surface area contributed by atoms with Crippen LogP contribution in [0, 0.1) is 0 Å². The Bertz CT molecular complexity index is 524. The second kappa shape index (κ2) is 6.85. The molecule has 0 atom stereocenters. The van der Waals surface area contributed by atoms with Crippen LogP contribution in [-0.2, 0) is 6.04 Å². The van der Waals surface area contributed by atoms with E-state index in [0.717, 1.165) is 5.69 Å². The summed E-state index contributed by atoms with van der Waals surface area (Å²) in [5, 5.41) is 0. The summed E-state index contributed by atoms with van der Waals surface area (Å²) in [6.45, 7) is 7.13. The molecule has 106 valence electrons. The Kier molecular flexibility index (Phi) is 5.13. The quantitative estimate of drug-likeness (QED) is 0.652. The topological polar surface area (TPSA) is 12.9 Å². The van der Waals surface area contributed by atoms with Crippen LogP contribution in [0.3, 0.4) is 0 Å².